The van der Waals surface area contributed by atoms with Gasteiger partial charge in [0.15, 0.2) is 6.10 Å². The van der Waals surface area contributed by atoms with Gasteiger partial charge in [-0.3, -0.25) is 4.79 Å². The molecule has 0 aromatic heterocycles. The first-order valence-electron chi connectivity index (χ1n) is 5.71. The maximum Gasteiger partial charge on any atom is 0.245 e. The molecule has 0 N–H and O–H groups in total. The third-order valence-corrected chi connectivity index (χ3v) is 3.27. The van der Waals surface area contributed by atoms with Crippen LogP contribution in [0.5, 0.6) is 0 Å². The highest BCUT2D eigenvalue weighted by molar-refractivity contribution is 6.30. The van der Waals surface area contributed by atoms with E-state index in [4.69, 9.17) is 21.6 Å². The van der Waals surface area contributed by atoms with Crippen LogP contribution < -0.4 is 0 Å². The third-order valence-electron chi connectivity index (χ3n) is 2.83. The zero-order valence-corrected chi connectivity index (χ0v) is 10.5. The Hall–Kier alpha value is -1.57. The van der Waals surface area contributed by atoms with Crippen LogP contribution in [0.3, 0.4) is 0 Å². The number of benzene rings is 1. The van der Waals surface area contributed by atoms with E-state index in [0.717, 1.165) is 5.56 Å². The topological polar surface area (TPSA) is 53.3 Å². The normalized spacial score (nSPS) is 21.1. The molecule has 1 aromatic rings. The summed E-state index contributed by atoms with van der Waals surface area (Å²) in [5.74, 6) is -0.175. The number of hydrogen-bond donors (Lipinski definition) is 0. The molecule has 1 heterocycles. The minimum atomic E-state index is -0.705. The molecule has 5 heteroatoms. The van der Waals surface area contributed by atoms with Gasteiger partial charge in [0.1, 0.15) is 5.38 Å². The molecule has 0 radical (unpaired) electrons. The van der Waals surface area contributed by atoms with Crippen LogP contribution in [0.25, 0.3) is 0 Å². The van der Waals surface area contributed by atoms with E-state index >= 15 is 0 Å². The number of nitrogens with zero attached hydrogens (tertiary/aromatic N) is 2. The Morgan fingerprint density at radius 1 is 1.50 bits per heavy atom. The lowest BCUT2D eigenvalue weighted by Gasteiger charge is -2.31. The van der Waals surface area contributed by atoms with E-state index in [0.29, 0.717) is 13.2 Å². The first-order valence-corrected chi connectivity index (χ1v) is 6.15. The summed E-state index contributed by atoms with van der Waals surface area (Å²) >= 11 is 6.17. The molecule has 1 fully saturated rings. The predicted molar refractivity (Wildman–Crippen MR) is 67.0 cm³/mol. The zero-order chi connectivity index (χ0) is 13.0. The Balaban J connectivity index is 2.05. The number of ether oxygens (including phenoxy) is 1. The molecule has 1 aliphatic heterocycles. The number of carbonyl (C=O) groups is 1. The number of amides is 1. The van der Waals surface area contributed by atoms with E-state index in [9.17, 15) is 4.79 Å². The van der Waals surface area contributed by atoms with Gasteiger partial charge >= 0.3 is 0 Å². The van der Waals surface area contributed by atoms with Crippen molar-refractivity contribution in [1.29, 1.82) is 5.26 Å². The van der Waals surface area contributed by atoms with Gasteiger partial charge in [0, 0.05) is 6.54 Å². The highest BCUT2D eigenvalue weighted by Crippen LogP contribution is 2.23. The molecule has 2 atom stereocenters. The standard InChI is InChI=1S/C13H13ClN2O2/c14-12(10-4-2-1-3-5-10)13(17)16-6-7-18-11(8-15)9-16/h1-5,11-12H,6-7,9H2. The maximum absolute atomic E-state index is 12.2. The summed E-state index contributed by atoms with van der Waals surface area (Å²) in [5, 5.41) is 8.10. The number of alkyl halides is 1. The van der Waals surface area contributed by atoms with Crippen LogP contribution in [0, 0.1) is 11.3 Å². The Kier molecular flexibility index (Phi) is 4.19. The molecule has 1 amide bonds. The van der Waals surface area contributed by atoms with E-state index in [1.807, 2.05) is 36.4 Å². The Morgan fingerprint density at radius 2 is 2.22 bits per heavy atom. The maximum atomic E-state index is 12.2. The summed E-state index contributed by atoms with van der Waals surface area (Å²) < 4.78 is 5.19. The van der Waals surface area contributed by atoms with Crippen LogP contribution in [0.2, 0.25) is 0 Å². The average molecular weight is 265 g/mol. The molecule has 0 saturated carbocycles. The SMILES string of the molecule is N#CC1CN(C(=O)C(Cl)c2ccccc2)CCO1. The summed E-state index contributed by atoms with van der Waals surface area (Å²) in [6.07, 6.45) is -0.553. The minimum absolute atomic E-state index is 0.175. The van der Waals surface area contributed by atoms with Gasteiger partial charge in [0.05, 0.1) is 19.2 Å². The second-order valence-corrected chi connectivity index (χ2v) is 4.48. The van der Waals surface area contributed by atoms with Gasteiger partial charge in [-0.25, -0.2) is 0 Å². The molecule has 2 unspecified atom stereocenters. The summed E-state index contributed by atoms with van der Waals surface area (Å²) in [6, 6.07) is 11.2. The Morgan fingerprint density at radius 3 is 2.89 bits per heavy atom. The lowest BCUT2D eigenvalue weighted by molar-refractivity contribution is -0.136. The minimum Gasteiger partial charge on any atom is -0.360 e. The van der Waals surface area contributed by atoms with Gasteiger partial charge in [-0.2, -0.15) is 5.26 Å². The molecule has 0 spiro atoms. The molecule has 18 heavy (non-hydrogen) atoms. The molecular formula is C13H13ClN2O2. The molecule has 2 rings (SSSR count). The smallest absolute Gasteiger partial charge is 0.245 e. The highest BCUT2D eigenvalue weighted by atomic mass is 35.5. The number of morpholine rings is 1. The van der Waals surface area contributed by atoms with Gasteiger partial charge < -0.3 is 9.64 Å². The fourth-order valence-corrected chi connectivity index (χ4v) is 2.14. The van der Waals surface area contributed by atoms with Crippen molar-refractivity contribution >= 4 is 17.5 Å². The van der Waals surface area contributed by atoms with Crippen molar-refractivity contribution in [3.8, 4) is 6.07 Å². The Bertz CT molecular complexity index is 458. The van der Waals surface area contributed by atoms with Gasteiger partial charge in [0.2, 0.25) is 5.91 Å². The van der Waals surface area contributed by atoms with Gasteiger partial charge in [-0.1, -0.05) is 30.3 Å². The second-order valence-electron chi connectivity index (χ2n) is 4.05. The first-order chi connectivity index (χ1) is 8.72. The average Bonchev–Trinajstić information content (AvgIpc) is 2.46. The molecule has 4 nitrogen and oxygen atoms in total. The van der Waals surface area contributed by atoms with E-state index in [1.165, 1.54) is 0 Å². The highest BCUT2D eigenvalue weighted by Gasteiger charge is 2.28. The lowest BCUT2D eigenvalue weighted by atomic mass is 10.1. The number of nitriles is 1. The lowest BCUT2D eigenvalue weighted by Crippen LogP contribution is -2.46. The fourth-order valence-electron chi connectivity index (χ4n) is 1.85. The fraction of sp³-hybridized carbons (Fsp3) is 0.385. The largest absolute Gasteiger partial charge is 0.360 e. The summed E-state index contributed by atoms with van der Waals surface area (Å²) in [4.78, 5) is 13.8. The number of carbonyl (C=O) groups excluding carboxylic acids is 1. The quantitative estimate of drug-likeness (QED) is 0.765. The van der Waals surface area contributed by atoms with E-state index in [1.54, 1.807) is 4.90 Å². The van der Waals surface area contributed by atoms with Crippen LogP contribution in [0.1, 0.15) is 10.9 Å². The molecule has 0 bridgehead atoms. The van der Waals surface area contributed by atoms with Gasteiger partial charge in [0.25, 0.3) is 0 Å². The summed E-state index contributed by atoms with van der Waals surface area (Å²) in [7, 11) is 0. The number of halogens is 1. The molecule has 0 aliphatic carbocycles. The molecule has 94 valence electrons. The Labute approximate surface area is 111 Å². The summed E-state index contributed by atoms with van der Waals surface area (Å²) in [6.45, 7) is 1.14. The van der Waals surface area contributed by atoms with Crippen molar-refractivity contribution in [3.05, 3.63) is 35.9 Å². The van der Waals surface area contributed by atoms with Crippen LogP contribution in [-0.4, -0.2) is 36.6 Å². The molecule has 1 aromatic carbocycles. The van der Waals surface area contributed by atoms with Crippen LogP contribution >= 0.6 is 11.6 Å². The van der Waals surface area contributed by atoms with Crippen molar-refractivity contribution < 1.29 is 9.53 Å². The van der Waals surface area contributed by atoms with Crippen molar-refractivity contribution in [2.75, 3.05) is 19.7 Å². The van der Waals surface area contributed by atoms with Crippen LogP contribution in [-0.2, 0) is 9.53 Å². The van der Waals surface area contributed by atoms with Crippen molar-refractivity contribution in [3.63, 3.8) is 0 Å². The molecule has 1 aliphatic rings. The van der Waals surface area contributed by atoms with Crippen molar-refractivity contribution in [1.82, 2.24) is 4.90 Å². The van der Waals surface area contributed by atoms with Crippen LogP contribution in [0.4, 0.5) is 0 Å². The van der Waals surface area contributed by atoms with E-state index < -0.39 is 11.5 Å². The monoisotopic (exact) mass is 264 g/mol. The predicted octanol–water partition coefficient (Wildman–Crippen LogP) is 1.72. The van der Waals surface area contributed by atoms with Crippen LogP contribution in [0.15, 0.2) is 30.3 Å². The molecular weight excluding hydrogens is 252 g/mol. The van der Waals surface area contributed by atoms with E-state index in [2.05, 4.69) is 0 Å². The second kappa shape index (κ2) is 5.85. The third kappa shape index (κ3) is 2.81. The van der Waals surface area contributed by atoms with Gasteiger partial charge in [-0.05, 0) is 5.56 Å². The van der Waals surface area contributed by atoms with Crippen molar-refractivity contribution in [2.24, 2.45) is 0 Å². The van der Waals surface area contributed by atoms with Gasteiger partial charge in [-0.15, -0.1) is 11.6 Å². The number of rotatable bonds is 2. The first kappa shape index (κ1) is 12.9. The van der Waals surface area contributed by atoms with Crippen molar-refractivity contribution in [2.45, 2.75) is 11.5 Å². The zero-order valence-electron chi connectivity index (χ0n) is 9.75. The molecule has 1 saturated heterocycles. The summed E-state index contributed by atoms with van der Waals surface area (Å²) in [5.41, 5.74) is 0.768. The van der Waals surface area contributed by atoms with E-state index in [-0.39, 0.29) is 12.5 Å². The number of hydrogen-bond acceptors (Lipinski definition) is 3.